The van der Waals surface area contributed by atoms with E-state index in [4.69, 9.17) is 0 Å². The summed E-state index contributed by atoms with van der Waals surface area (Å²) < 4.78 is 41.6. The fourth-order valence-corrected chi connectivity index (χ4v) is 3.40. The van der Waals surface area contributed by atoms with Crippen molar-refractivity contribution >= 4 is 11.9 Å². The van der Waals surface area contributed by atoms with Crippen LogP contribution in [-0.4, -0.2) is 62.8 Å². The van der Waals surface area contributed by atoms with Crippen LogP contribution in [0, 0.1) is 0 Å². The zero-order valence-corrected chi connectivity index (χ0v) is 15.5. The normalized spacial score (nSPS) is 22.0. The molecule has 1 aliphatic carbocycles. The number of likely N-dealkylation sites (tertiary alicyclic amines) is 1. The van der Waals surface area contributed by atoms with Crippen LogP contribution in [0.25, 0.3) is 0 Å². The summed E-state index contributed by atoms with van der Waals surface area (Å²) >= 11 is 0. The van der Waals surface area contributed by atoms with Crippen molar-refractivity contribution in [2.45, 2.75) is 56.0 Å². The van der Waals surface area contributed by atoms with Gasteiger partial charge in [0.25, 0.3) is 0 Å². The molecule has 1 aliphatic heterocycles. The zero-order chi connectivity index (χ0) is 20.5. The molecule has 2 heterocycles. The van der Waals surface area contributed by atoms with Gasteiger partial charge in [-0.2, -0.15) is 13.2 Å². The Morgan fingerprint density at radius 2 is 2.04 bits per heavy atom. The number of alkyl halides is 3. The number of nitrogens with zero attached hydrogens (tertiary/aromatic N) is 3. The molecule has 3 amide bonds. The van der Waals surface area contributed by atoms with Crippen LogP contribution in [0.3, 0.4) is 0 Å². The molecule has 3 N–H and O–H groups in total. The molecule has 1 aromatic rings. The number of amides is 3. The van der Waals surface area contributed by atoms with E-state index < -0.39 is 42.6 Å². The van der Waals surface area contributed by atoms with E-state index in [-0.39, 0.29) is 11.9 Å². The van der Waals surface area contributed by atoms with Gasteiger partial charge in [0.1, 0.15) is 11.9 Å². The molecule has 2 aliphatic rings. The molecule has 156 valence electrons. The lowest BCUT2D eigenvalue weighted by atomic mass is 9.97. The minimum absolute atomic E-state index is 0.164. The fourth-order valence-electron chi connectivity index (χ4n) is 3.40. The van der Waals surface area contributed by atoms with Crippen molar-refractivity contribution in [3.63, 3.8) is 0 Å². The van der Waals surface area contributed by atoms with E-state index in [9.17, 15) is 27.9 Å². The van der Waals surface area contributed by atoms with Crippen molar-refractivity contribution in [2.75, 3.05) is 13.1 Å². The Bertz CT molecular complexity index is 734. The van der Waals surface area contributed by atoms with Crippen LogP contribution in [0.15, 0.2) is 12.4 Å². The first kappa shape index (κ1) is 20.4. The monoisotopic (exact) mass is 403 g/mol. The van der Waals surface area contributed by atoms with E-state index in [0.717, 1.165) is 23.6 Å². The Balaban J connectivity index is 1.60. The van der Waals surface area contributed by atoms with Gasteiger partial charge < -0.3 is 25.2 Å². The summed E-state index contributed by atoms with van der Waals surface area (Å²) in [7, 11) is 1.35. The third kappa shape index (κ3) is 4.08. The number of carbonyl (C=O) groups excluding carboxylic acids is 2. The highest BCUT2D eigenvalue weighted by Gasteiger charge is 2.57. The number of hydrogen-bond acceptors (Lipinski definition) is 4. The first-order chi connectivity index (χ1) is 13.1. The maximum atomic E-state index is 13.5. The van der Waals surface area contributed by atoms with Crippen molar-refractivity contribution < 1.29 is 27.9 Å². The smallest absolute Gasteiger partial charge is 0.374 e. The van der Waals surface area contributed by atoms with Crippen molar-refractivity contribution in [3.05, 3.63) is 18.2 Å². The van der Waals surface area contributed by atoms with Crippen LogP contribution in [0.4, 0.5) is 18.0 Å². The Hall–Kier alpha value is -2.30. The molecule has 1 saturated carbocycles. The molecule has 1 saturated heterocycles. The predicted octanol–water partition coefficient (Wildman–Crippen LogP) is 1.01. The highest BCUT2D eigenvalue weighted by atomic mass is 19.4. The summed E-state index contributed by atoms with van der Waals surface area (Å²) in [6.07, 6.45) is -0.268. The predicted molar refractivity (Wildman–Crippen MR) is 92.1 cm³/mol. The van der Waals surface area contributed by atoms with Crippen molar-refractivity contribution in [3.8, 4) is 0 Å². The number of urea groups is 1. The molecule has 0 bridgehead atoms. The van der Waals surface area contributed by atoms with Gasteiger partial charge in [-0.05, 0) is 25.7 Å². The SMILES string of the molecule is Cn1ccnc1C(O)(CCNC(=O)N1CCCC1C(=O)NC1CC1)C(F)(F)F. The summed E-state index contributed by atoms with van der Waals surface area (Å²) in [4.78, 5) is 29.6. The lowest BCUT2D eigenvalue weighted by Crippen LogP contribution is -2.51. The molecule has 0 aromatic carbocycles. The van der Waals surface area contributed by atoms with E-state index in [1.165, 1.54) is 18.1 Å². The maximum Gasteiger partial charge on any atom is 0.424 e. The average molecular weight is 403 g/mol. The van der Waals surface area contributed by atoms with Gasteiger partial charge in [0, 0.05) is 45.0 Å². The Kier molecular flexibility index (Phi) is 5.55. The number of nitrogens with one attached hydrogen (secondary N) is 2. The first-order valence-electron chi connectivity index (χ1n) is 9.25. The summed E-state index contributed by atoms with van der Waals surface area (Å²) in [5.74, 6) is -0.771. The Morgan fingerprint density at radius 1 is 1.32 bits per heavy atom. The van der Waals surface area contributed by atoms with Gasteiger partial charge in [-0.1, -0.05) is 0 Å². The molecule has 2 unspecified atom stereocenters. The zero-order valence-electron chi connectivity index (χ0n) is 15.5. The van der Waals surface area contributed by atoms with Gasteiger partial charge in [0.15, 0.2) is 0 Å². The van der Waals surface area contributed by atoms with Gasteiger partial charge in [-0.25, -0.2) is 9.78 Å². The number of hydrogen-bond donors (Lipinski definition) is 3. The van der Waals surface area contributed by atoms with Crippen LogP contribution in [-0.2, 0) is 17.4 Å². The highest BCUT2D eigenvalue weighted by Crippen LogP contribution is 2.40. The van der Waals surface area contributed by atoms with Crippen molar-refractivity contribution in [1.29, 1.82) is 0 Å². The van der Waals surface area contributed by atoms with Crippen molar-refractivity contribution in [1.82, 2.24) is 25.1 Å². The van der Waals surface area contributed by atoms with Crippen LogP contribution < -0.4 is 10.6 Å². The third-order valence-electron chi connectivity index (χ3n) is 5.16. The van der Waals surface area contributed by atoms with E-state index in [0.29, 0.717) is 19.4 Å². The van der Waals surface area contributed by atoms with Crippen LogP contribution >= 0.6 is 0 Å². The number of aliphatic hydroxyl groups is 1. The molecular weight excluding hydrogens is 379 g/mol. The van der Waals surface area contributed by atoms with E-state index in [2.05, 4.69) is 15.6 Å². The lowest BCUT2D eigenvalue weighted by molar-refractivity contribution is -0.272. The van der Waals surface area contributed by atoms with Gasteiger partial charge >= 0.3 is 12.2 Å². The molecule has 2 atom stereocenters. The molecule has 11 heteroatoms. The van der Waals surface area contributed by atoms with Crippen LogP contribution in [0.2, 0.25) is 0 Å². The fraction of sp³-hybridized carbons (Fsp3) is 0.706. The second kappa shape index (κ2) is 7.61. The second-order valence-corrected chi connectivity index (χ2v) is 7.34. The number of rotatable bonds is 6. The first-order valence-corrected chi connectivity index (χ1v) is 9.25. The lowest BCUT2D eigenvalue weighted by Gasteiger charge is -2.30. The van der Waals surface area contributed by atoms with Gasteiger partial charge in [0.2, 0.25) is 11.5 Å². The van der Waals surface area contributed by atoms with Gasteiger partial charge in [-0.3, -0.25) is 4.79 Å². The Labute approximate surface area is 160 Å². The summed E-state index contributed by atoms with van der Waals surface area (Å²) in [6.45, 7) is -0.0628. The van der Waals surface area contributed by atoms with Crippen molar-refractivity contribution in [2.24, 2.45) is 7.05 Å². The van der Waals surface area contributed by atoms with Crippen LogP contribution in [0.1, 0.15) is 37.9 Å². The molecule has 0 radical (unpaired) electrons. The molecule has 3 rings (SSSR count). The van der Waals surface area contributed by atoms with Gasteiger partial charge in [0.05, 0.1) is 0 Å². The molecule has 0 spiro atoms. The molecule has 2 fully saturated rings. The van der Waals surface area contributed by atoms with E-state index >= 15 is 0 Å². The number of aromatic nitrogens is 2. The number of halogens is 3. The summed E-state index contributed by atoms with van der Waals surface area (Å²) in [5.41, 5.74) is -3.19. The molecule has 1 aromatic heterocycles. The number of imidazole rings is 1. The molecule has 28 heavy (non-hydrogen) atoms. The minimum atomic E-state index is -4.96. The topological polar surface area (TPSA) is 99.5 Å². The van der Waals surface area contributed by atoms with E-state index in [1.54, 1.807) is 0 Å². The standard InChI is InChI=1S/C17H24F3N5O3/c1-24-10-8-21-14(24)16(28,17(18,19)20)6-7-22-15(27)25-9-2-3-12(25)13(26)23-11-4-5-11/h8,10-12,28H,2-7,9H2,1H3,(H,22,27)(H,23,26). The third-order valence-corrected chi connectivity index (χ3v) is 5.16. The van der Waals surface area contributed by atoms with Crippen LogP contribution in [0.5, 0.6) is 0 Å². The largest absolute Gasteiger partial charge is 0.424 e. The number of carbonyl (C=O) groups is 2. The maximum absolute atomic E-state index is 13.5. The highest BCUT2D eigenvalue weighted by molar-refractivity contribution is 5.88. The second-order valence-electron chi connectivity index (χ2n) is 7.34. The minimum Gasteiger partial charge on any atom is -0.374 e. The molecular formula is C17H24F3N5O3. The van der Waals surface area contributed by atoms with Gasteiger partial charge in [-0.15, -0.1) is 0 Å². The average Bonchev–Trinajstić information content (AvgIpc) is 3.10. The quantitative estimate of drug-likeness (QED) is 0.660. The summed E-state index contributed by atoms with van der Waals surface area (Å²) in [5, 5.41) is 15.5. The number of aryl methyl sites for hydroxylation is 1. The molecule has 8 nitrogen and oxygen atoms in total. The summed E-state index contributed by atoms with van der Waals surface area (Å²) in [6, 6.07) is -1.06. The van der Waals surface area contributed by atoms with E-state index in [1.807, 2.05) is 0 Å². The Morgan fingerprint density at radius 3 is 2.61 bits per heavy atom.